The molecule has 0 unspecified atom stereocenters. The predicted octanol–water partition coefficient (Wildman–Crippen LogP) is 0.792. The Hall–Kier alpha value is 0.852. The minimum absolute atomic E-state index is 0. The fourth-order valence-corrected chi connectivity index (χ4v) is 0. The molecular weight excluding hydrogens is 134 g/mol. The Labute approximate surface area is 58.3 Å². The van der Waals surface area contributed by atoms with E-state index in [9.17, 15) is 0 Å². The van der Waals surface area contributed by atoms with Crippen LogP contribution in [0.5, 0.6) is 0 Å². The van der Waals surface area contributed by atoms with Crippen LogP contribution in [0.2, 0.25) is 0 Å². The second-order valence-electron chi connectivity index (χ2n) is 0.570. The van der Waals surface area contributed by atoms with E-state index in [1.165, 1.54) is 6.08 Å². The number of hydrogen-bond acceptors (Lipinski definition) is 0. The quantitative estimate of drug-likeness (QED) is 0.287. The molecule has 0 aliphatic heterocycles. The Morgan fingerprint density at radius 2 is 1.67 bits per heavy atom. The summed E-state index contributed by atoms with van der Waals surface area (Å²) < 4.78 is 0. The summed E-state index contributed by atoms with van der Waals surface area (Å²) in [6.45, 7) is 3.30. The topological polar surface area (TPSA) is 0 Å². The first-order valence-corrected chi connectivity index (χ1v) is 2.05. The summed E-state index contributed by atoms with van der Waals surface area (Å²) in [5, 5.41) is 0. The highest BCUT2D eigenvalue weighted by Gasteiger charge is 1.80. The summed E-state index contributed by atoms with van der Waals surface area (Å²) in [5.41, 5.74) is 0. The van der Waals surface area contributed by atoms with Crippen molar-refractivity contribution in [1.29, 1.82) is 0 Å². The van der Waals surface area contributed by atoms with E-state index < -0.39 is 4.84 Å². The van der Waals surface area contributed by atoms with E-state index in [-0.39, 0.29) is 17.4 Å². The molecular formula is C3H7AlCl2. The minimum atomic E-state index is -0.407. The lowest BCUT2D eigenvalue weighted by Crippen LogP contribution is -1.68. The highest BCUT2D eigenvalue weighted by atomic mass is 35.5. The molecule has 0 rings (SSSR count). The summed E-state index contributed by atoms with van der Waals surface area (Å²) in [7, 11) is 0. The molecule has 0 amide bonds. The normalized spacial score (nSPS) is 7.17. The summed E-state index contributed by atoms with van der Waals surface area (Å²) in [6.07, 6.45) is 1.45. The van der Waals surface area contributed by atoms with Crippen molar-refractivity contribution in [2.24, 2.45) is 0 Å². The molecule has 0 aliphatic carbocycles. The zero-order valence-electron chi connectivity index (χ0n) is 2.62. The molecule has 0 N–H and O–H groups in total. The van der Waals surface area contributed by atoms with Crippen molar-refractivity contribution in [1.82, 2.24) is 0 Å². The van der Waals surface area contributed by atoms with Crippen LogP contribution in [0.4, 0.5) is 0 Å². The van der Waals surface area contributed by atoms with Gasteiger partial charge in [-0.25, -0.2) is 0 Å². The Morgan fingerprint density at radius 1 is 1.50 bits per heavy atom. The van der Waals surface area contributed by atoms with Gasteiger partial charge in [0.1, 0.15) is 4.84 Å². The van der Waals surface area contributed by atoms with Crippen molar-refractivity contribution in [2.75, 3.05) is 0 Å². The summed E-state index contributed by atoms with van der Waals surface area (Å²) in [4.78, 5) is -0.407. The Bertz CT molecular complexity index is 35.8. The molecule has 0 aromatic heterocycles. The second-order valence-corrected chi connectivity index (χ2v) is 1.73. The largest absolute Gasteiger partial charge is 0.187 e. The van der Waals surface area contributed by atoms with E-state index in [1.807, 2.05) is 0 Å². The van der Waals surface area contributed by atoms with Gasteiger partial charge in [-0.15, -0.1) is 29.8 Å². The highest BCUT2D eigenvalue weighted by molar-refractivity contribution is 6.45. The van der Waals surface area contributed by atoms with E-state index in [1.54, 1.807) is 0 Å². The molecule has 6 heavy (non-hydrogen) atoms. The predicted molar refractivity (Wildman–Crippen MR) is 35.6 cm³/mol. The van der Waals surface area contributed by atoms with Crippen LogP contribution >= 0.6 is 23.2 Å². The van der Waals surface area contributed by atoms with Gasteiger partial charge in [0.15, 0.2) is 17.4 Å². The number of allylic oxidation sites excluding steroid dienone is 1. The lowest BCUT2D eigenvalue weighted by Gasteiger charge is -1.77. The van der Waals surface area contributed by atoms with Crippen LogP contribution in [0.3, 0.4) is 0 Å². The van der Waals surface area contributed by atoms with Crippen molar-refractivity contribution in [3.63, 3.8) is 0 Å². The maximum Gasteiger partial charge on any atom is 0.187 e. The minimum Gasteiger partial charge on any atom is -0.101 e. The molecule has 36 valence electrons. The van der Waals surface area contributed by atoms with Crippen molar-refractivity contribution < 1.29 is 0 Å². The second kappa shape index (κ2) is 5.85. The number of halogens is 2. The Kier molecular flexibility index (Phi) is 9.72. The number of hydrogen-bond donors (Lipinski definition) is 0. The molecule has 0 nitrogen and oxygen atoms in total. The molecule has 0 atom stereocenters. The van der Waals surface area contributed by atoms with Gasteiger partial charge in [0.2, 0.25) is 0 Å². The van der Waals surface area contributed by atoms with Gasteiger partial charge >= 0.3 is 0 Å². The van der Waals surface area contributed by atoms with Crippen LogP contribution in [0, 0.1) is 0 Å². The third-order valence-electron chi connectivity index (χ3n) is 0.178. The van der Waals surface area contributed by atoms with E-state index in [2.05, 4.69) is 6.58 Å². The van der Waals surface area contributed by atoms with Gasteiger partial charge in [-0.3, -0.25) is 0 Å². The van der Waals surface area contributed by atoms with Crippen LogP contribution < -0.4 is 0 Å². The van der Waals surface area contributed by atoms with Gasteiger partial charge in [-0.1, -0.05) is 6.08 Å². The van der Waals surface area contributed by atoms with Gasteiger partial charge in [-0.05, 0) is 0 Å². The maximum atomic E-state index is 5.11. The van der Waals surface area contributed by atoms with Crippen LogP contribution in [-0.4, -0.2) is 22.2 Å². The van der Waals surface area contributed by atoms with Crippen LogP contribution in [0.15, 0.2) is 12.7 Å². The lowest BCUT2D eigenvalue weighted by atomic mass is 10.8. The van der Waals surface area contributed by atoms with Gasteiger partial charge in [0.05, 0.1) is 0 Å². The maximum absolute atomic E-state index is 5.11. The molecule has 0 saturated heterocycles. The molecule has 0 radical (unpaired) electrons. The standard InChI is InChI=1S/C3H4Cl2.Al.3H/c1-2-3(4)5;;;;/h2-3H,1H2;;;;. The van der Waals surface area contributed by atoms with E-state index in [4.69, 9.17) is 23.2 Å². The highest BCUT2D eigenvalue weighted by Crippen LogP contribution is 1.99. The molecule has 0 fully saturated rings. The van der Waals surface area contributed by atoms with E-state index >= 15 is 0 Å². The first-order chi connectivity index (χ1) is 2.27. The molecule has 0 heterocycles. The van der Waals surface area contributed by atoms with Gasteiger partial charge < -0.3 is 0 Å². The third-order valence-corrected chi connectivity index (χ3v) is 0.535. The van der Waals surface area contributed by atoms with Gasteiger partial charge in [-0.2, -0.15) is 0 Å². The summed E-state index contributed by atoms with van der Waals surface area (Å²) in [6, 6.07) is 0. The average Bonchev–Trinajstić information content (AvgIpc) is 1.38. The molecule has 0 aromatic carbocycles. The molecule has 0 saturated carbocycles. The Balaban J connectivity index is 0. The van der Waals surface area contributed by atoms with Crippen LogP contribution in [0.1, 0.15) is 0 Å². The molecule has 0 aromatic rings. The van der Waals surface area contributed by atoms with Gasteiger partial charge in [0.25, 0.3) is 0 Å². The number of rotatable bonds is 1. The van der Waals surface area contributed by atoms with Crippen molar-refractivity contribution in [3.8, 4) is 0 Å². The zero-order chi connectivity index (χ0) is 4.28. The average molecular weight is 141 g/mol. The van der Waals surface area contributed by atoms with Crippen LogP contribution in [0.25, 0.3) is 0 Å². The van der Waals surface area contributed by atoms with Crippen molar-refractivity contribution >= 4 is 40.6 Å². The first kappa shape index (κ1) is 9.97. The van der Waals surface area contributed by atoms with Crippen LogP contribution in [-0.2, 0) is 0 Å². The van der Waals surface area contributed by atoms with Crippen molar-refractivity contribution in [2.45, 2.75) is 4.84 Å². The monoisotopic (exact) mass is 140 g/mol. The molecule has 0 aliphatic rings. The lowest BCUT2D eigenvalue weighted by molar-refractivity contribution is 1.64. The Morgan fingerprint density at radius 3 is 1.67 bits per heavy atom. The third kappa shape index (κ3) is 8.85. The number of alkyl halides is 2. The molecule has 0 bridgehead atoms. The SMILES string of the molecule is C=CC(Cl)Cl.[AlH3]. The summed E-state index contributed by atoms with van der Waals surface area (Å²) >= 11 is 10.2. The van der Waals surface area contributed by atoms with E-state index in [0.717, 1.165) is 0 Å². The molecule has 0 spiro atoms. The zero-order valence-corrected chi connectivity index (χ0v) is 4.13. The first-order valence-electron chi connectivity index (χ1n) is 1.18. The van der Waals surface area contributed by atoms with Gasteiger partial charge in [0, 0.05) is 0 Å². The molecule has 3 heteroatoms. The smallest absolute Gasteiger partial charge is 0.101 e. The van der Waals surface area contributed by atoms with Crippen molar-refractivity contribution in [3.05, 3.63) is 12.7 Å². The summed E-state index contributed by atoms with van der Waals surface area (Å²) in [5.74, 6) is 0. The fourth-order valence-electron chi connectivity index (χ4n) is 0. The van der Waals surface area contributed by atoms with E-state index in [0.29, 0.717) is 0 Å². The fraction of sp³-hybridized carbons (Fsp3) is 0.333.